The molecule has 13 rings (SSSR count). The average molecular weight is 916 g/mol. The average Bonchev–Trinajstić information content (AvgIpc) is 4.09. The van der Waals surface area contributed by atoms with E-state index in [4.69, 9.17) is 4.98 Å². The number of nitrogens with zero attached hydrogens (tertiary/aromatic N) is 5. The van der Waals surface area contributed by atoms with Crippen LogP contribution in [0.3, 0.4) is 0 Å². The van der Waals surface area contributed by atoms with E-state index in [1.54, 1.807) is 0 Å². The van der Waals surface area contributed by atoms with Crippen LogP contribution in [0.4, 0.5) is 34.1 Å². The Labute approximate surface area is 416 Å². The molecular weight excluding hydrogens is 863 g/mol. The van der Waals surface area contributed by atoms with E-state index in [0.717, 1.165) is 33.9 Å². The van der Waals surface area contributed by atoms with Crippen LogP contribution < -0.4 is 14.7 Å². The molecule has 5 heteroatoms. The maximum Gasteiger partial charge on any atom is 0.137 e. The molecule has 342 valence electrons. The summed E-state index contributed by atoms with van der Waals surface area (Å²) in [6.45, 7) is 7.47. The van der Waals surface area contributed by atoms with Crippen LogP contribution in [-0.2, 0) is 10.8 Å². The van der Waals surface area contributed by atoms with Gasteiger partial charge in [0, 0.05) is 52.2 Å². The monoisotopic (exact) mass is 915 g/mol. The second kappa shape index (κ2) is 16.5. The lowest BCUT2D eigenvalue weighted by Gasteiger charge is -2.35. The van der Waals surface area contributed by atoms with Crippen molar-refractivity contribution >= 4 is 55.9 Å². The quantitative estimate of drug-likeness (QED) is 0.144. The fourth-order valence-electron chi connectivity index (χ4n) is 11.7. The SMILES string of the molecule is CN(c1cccc(N2CN(c3c(-c4ccccc4)cccc3-c3ccccc3)c3ccccc32)c1)c1cc2c3c4c(cccc4n(-c4cc(C(C)(C)C)ccn4)c3c1)C2(c1ccccc1)c1ccccc1. The lowest BCUT2D eigenvalue weighted by Crippen LogP contribution is -2.29. The Morgan fingerprint density at radius 1 is 0.479 bits per heavy atom. The minimum absolute atomic E-state index is 0.0433. The highest BCUT2D eigenvalue weighted by Crippen LogP contribution is 2.58. The van der Waals surface area contributed by atoms with Gasteiger partial charge in [-0.3, -0.25) is 4.57 Å². The molecular formula is C66H53N5. The Bertz CT molecular complexity index is 3700. The van der Waals surface area contributed by atoms with Gasteiger partial charge in [0.05, 0.1) is 33.5 Å². The summed E-state index contributed by atoms with van der Waals surface area (Å²) in [6.07, 6.45) is 1.98. The molecule has 1 aliphatic heterocycles. The van der Waals surface area contributed by atoms with E-state index in [0.29, 0.717) is 6.67 Å². The minimum atomic E-state index is -0.555. The minimum Gasteiger partial charge on any atom is -0.344 e. The van der Waals surface area contributed by atoms with Gasteiger partial charge < -0.3 is 14.7 Å². The topological polar surface area (TPSA) is 27.5 Å². The van der Waals surface area contributed by atoms with Gasteiger partial charge in [0.2, 0.25) is 0 Å². The Morgan fingerprint density at radius 2 is 1.04 bits per heavy atom. The van der Waals surface area contributed by atoms with E-state index in [-0.39, 0.29) is 5.41 Å². The third-order valence-electron chi connectivity index (χ3n) is 15.1. The number of para-hydroxylation sites is 3. The molecule has 0 bridgehead atoms. The fourth-order valence-corrected chi connectivity index (χ4v) is 11.7. The van der Waals surface area contributed by atoms with Crippen molar-refractivity contribution in [2.24, 2.45) is 0 Å². The molecule has 71 heavy (non-hydrogen) atoms. The van der Waals surface area contributed by atoms with Crippen molar-refractivity contribution in [2.45, 2.75) is 31.6 Å². The molecule has 0 atom stereocenters. The summed E-state index contributed by atoms with van der Waals surface area (Å²) in [5.74, 6) is 0.927. The lowest BCUT2D eigenvalue weighted by molar-refractivity contribution is 0.588. The van der Waals surface area contributed by atoms with Crippen LogP contribution in [-0.4, -0.2) is 23.3 Å². The maximum absolute atomic E-state index is 5.12. The van der Waals surface area contributed by atoms with E-state index in [1.165, 1.54) is 77.9 Å². The molecule has 9 aromatic carbocycles. The molecule has 0 saturated heterocycles. The molecule has 3 heterocycles. The summed E-state index contributed by atoms with van der Waals surface area (Å²) in [4.78, 5) is 12.5. The molecule has 11 aromatic rings. The fraction of sp³-hybridized carbons (Fsp3) is 0.106. The molecule has 0 fully saturated rings. The van der Waals surface area contributed by atoms with Gasteiger partial charge in [-0.05, 0) is 105 Å². The highest BCUT2D eigenvalue weighted by atomic mass is 15.4. The Balaban J connectivity index is 0.981. The molecule has 0 N–H and O–H groups in total. The van der Waals surface area contributed by atoms with Gasteiger partial charge in [0.1, 0.15) is 12.5 Å². The van der Waals surface area contributed by atoms with E-state index in [9.17, 15) is 0 Å². The molecule has 2 aromatic heterocycles. The second-order valence-corrected chi connectivity index (χ2v) is 20.1. The summed E-state index contributed by atoms with van der Waals surface area (Å²) in [6, 6.07) is 84.6. The second-order valence-electron chi connectivity index (χ2n) is 20.1. The van der Waals surface area contributed by atoms with Crippen LogP contribution in [0.25, 0.3) is 49.9 Å². The maximum atomic E-state index is 5.12. The van der Waals surface area contributed by atoms with E-state index >= 15 is 0 Å². The summed E-state index contributed by atoms with van der Waals surface area (Å²) in [5, 5.41) is 2.56. The third kappa shape index (κ3) is 6.64. The van der Waals surface area contributed by atoms with Crippen molar-refractivity contribution in [2.75, 3.05) is 28.4 Å². The number of anilines is 6. The van der Waals surface area contributed by atoms with Crippen LogP contribution in [0.15, 0.2) is 237 Å². The highest BCUT2D eigenvalue weighted by Gasteiger charge is 2.47. The lowest BCUT2D eigenvalue weighted by atomic mass is 9.67. The van der Waals surface area contributed by atoms with Crippen molar-refractivity contribution in [3.05, 3.63) is 265 Å². The molecule has 0 saturated carbocycles. The van der Waals surface area contributed by atoms with Gasteiger partial charge in [-0.1, -0.05) is 191 Å². The summed E-state index contributed by atoms with van der Waals surface area (Å²) in [5.41, 5.74) is 19.7. The molecule has 0 amide bonds. The standard InChI is InChI=1S/C66H53N5/c1-65(2,3)49-38-39-67-61(40-49)71-59-37-21-34-55-62(59)63-56(66(55,47-26-13-7-14-27-47)48-28-15-8-16-29-48)42-52(43-60(63)71)68(4)50-30-19-31-51(41-50)69-44-70(58-36-18-17-35-57(58)69)64-53(45-22-9-5-10-23-45)32-20-33-54(64)46-24-11-6-12-25-46/h5-43H,44H2,1-4H3. The normalized spacial score (nSPS) is 13.6. The highest BCUT2D eigenvalue weighted by molar-refractivity contribution is 6.18. The van der Waals surface area contributed by atoms with Crippen molar-refractivity contribution in [3.63, 3.8) is 0 Å². The number of aromatic nitrogens is 2. The molecule has 1 aliphatic carbocycles. The third-order valence-corrected chi connectivity index (χ3v) is 15.1. The number of fused-ring (bicyclic) bond motifs is 1. The first-order valence-corrected chi connectivity index (χ1v) is 24.7. The van der Waals surface area contributed by atoms with Crippen molar-refractivity contribution in [1.82, 2.24) is 9.55 Å². The van der Waals surface area contributed by atoms with Gasteiger partial charge in [0.25, 0.3) is 0 Å². The summed E-state index contributed by atoms with van der Waals surface area (Å²) < 4.78 is 2.41. The Morgan fingerprint density at radius 3 is 1.68 bits per heavy atom. The summed E-state index contributed by atoms with van der Waals surface area (Å²) >= 11 is 0. The van der Waals surface area contributed by atoms with Crippen LogP contribution in [0.2, 0.25) is 0 Å². The Kier molecular flexibility index (Phi) is 9.86. The van der Waals surface area contributed by atoms with E-state index in [1.807, 2.05) is 6.20 Å². The zero-order valence-electron chi connectivity index (χ0n) is 40.5. The van der Waals surface area contributed by atoms with E-state index in [2.05, 4.69) is 278 Å². The first-order valence-electron chi connectivity index (χ1n) is 24.7. The molecule has 0 spiro atoms. The summed E-state index contributed by atoms with van der Waals surface area (Å²) in [7, 11) is 2.22. The van der Waals surface area contributed by atoms with Crippen molar-refractivity contribution < 1.29 is 0 Å². The van der Waals surface area contributed by atoms with Gasteiger partial charge in [-0.15, -0.1) is 0 Å². The van der Waals surface area contributed by atoms with Gasteiger partial charge in [-0.25, -0.2) is 4.98 Å². The first-order chi connectivity index (χ1) is 34.8. The number of rotatable bonds is 9. The van der Waals surface area contributed by atoms with Crippen LogP contribution >= 0.6 is 0 Å². The van der Waals surface area contributed by atoms with Crippen molar-refractivity contribution in [1.29, 1.82) is 0 Å². The number of pyridine rings is 1. The smallest absolute Gasteiger partial charge is 0.137 e. The zero-order chi connectivity index (χ0) is 47.8. The predicted molar refractivity (Wildman–Crippen MR) is 297 cm³/mol. The first kappa shape index (κ1) is 42.4. The Hall–Kier alpha value is -8.67. The van der Waals surface area contributed by atoms with E-state index < -0.39 is 5.41 Å². The predicted octanol–water partition coefficient (Wildman–Crippen LogP) is 16.5. The van der Waals surface area contributed by atoms with Crippen LogP contribution in [0.5, 0.6) is 0 Å². The zero-order valence-corrected chi connectivity index (χ0v) is 40.5. The van der Waals surface area contributed by atoms with Gasteiger partial charge in [0.15, 0.2) is 0 Å². The van der Waals surface area contributed by atoms with Gasteiger partial charge >= 0.3 is 0 Å². The molecule has 2 aliphatic rings. The molecule has 0 unspecified atom stereocenters. The molecule has 5 nitrogen and oxygen atoms in total. The van der Waals surface area contributed by atoms with Gasteiger partial charge in [-0.2, -0.15) is 0 Å². The number of benzene rings is 9. The largest absolute Gasteiger partial charge is 0.344 e. The van der Waals surface area contributed by atoms with Crippen LogP contribution in [0.1, 0.15) is 48.6 Å². The van der Waals surface area contributed by atoms with Crippen molar-refractivity contribution in [3.8, 4) is 28.1 Å². The number of hydrogen-bond acceptors (Lipinski definition) is 4. The molecule has 0 radical (unpaired) electrons. The van der Waals surface area contributed by atoms with Crippen LogP contribution in [0, 0.1) is 0 Å². The number of hydrogen-bond donors (Lipinski definition) is 0.